The molecule has 4 rings (SSSR count). The molecular formula is C19H26N4O5. The van der Waals surface area contributed by atoms with Gasteiger partial charge < -0.3 is 24.0 Å². The third kappa shape index (κ3) is 3.89. The summed E-state index contributed by atoms with van der Waals surface area (Å²) in [6.07, 6.45) is 5.66. The second kappa shape index (κ2) is 8.30. The van der Waals surface area contributed by atoms with Crippen LogP contribution in [0.2, 0.25) is 0 Å². The van der Waals surface area contributed by atoms with Crippen molar-refractivity contribution in [3.8, 4) is 11.8 Å². The van der Waals surface area contributed by atoms with E-state index in [4.69, 9.17) is 14.2 Å². The van der Waals surface area contributed by atoms with Gasteiger partial charge in [0.15, 0.2) is 0 Å². The van der Waals surface area contributed by atoms with Gasteiger partial charge in [-0.1, -0.05) is 0 Å². The van der Waals surface area contributed by atoms with E-state index in [1.807, 2.05) is 4.90 Å². The van der Waals surface area contributed by atoms with Gasteiger partial charge in [0.1, 0.15) is 6.10 Å². The molecule has 9 heteroatoms. The van der Waals surface area contributed by atoms with Crippen LogP contribution in [0, 0.1) is 5.92 Å². The van der Waals surface area contributed by atoms with E-state index in [1.165, 1.54) is 13.3 Å². The molecule has 28 heavy (non-hydrogen) atoms. The minimum Gasteiger partial charge on any atom is -0.477 e. The highest BCUT2D eigenvalue weighted by Gasteiger charge is 2.41. The van der Waals surface area contributed by atoms with E-state index in [0.717, 1.165) is 19.3 Å². The highest BCUT2D eigenvalue weighted by Crippen LogP contribution is 2.28. The number of likely N-dealkylation sites (tertiary alicyclic amines) is 2. The predicted molar refractivity (Wildman–Crippen MR) is 97.9 cm³/mol. The van der Waals surface area contributed by atoms with Gasteiger partial charge in [0, 0.05) is 57.6 Å². The number of methoxy groups -OCH3 is 1. The molecule has 2 amide bonds. The summed E-state index contributed by atoms with van der Waals surface area (Å²) in [6.45, 7) is 2.99. The van der Waals surface area contributed by atoms with Crippen LogP contribution in [0.15, 0.2) is 12.4 Å². The minimum absolute atomic E-state index is 0.0418. The lowest BCUT2D eigenvalue weighted by molar-refractivity contribution is -0.135. The fourth-order valence-corrected chi connectivity index (χ4v) is 4.22. The normalized spacial score (nSPS) is 26.0. The zero-order chi connectivity index (χ0) is 19.5. The SMILES string of the molecule is COc1nccnc1O[C@H]1CCN(C(=O)[C@H]2CC(=O)N(C3CCOCC3)C2)C1. The van der Waals surface area contributed by atoms with E-state index in [2.05, 4.69) is 9.97 Å². The molecule has 0 saturated carbocycles. The number of carbonyl (C=O) groups is 2. The number of hydrogen-bond acceptors (Lipinski definition) is 7. The monoisotopic (exact) mass is 390 g/mol. The number of ether oxygens (including phenoxy) is 3. The van der Waals surface area contributed by atoms with E-state index in [1.54, 1.807) is 11.1 Å². The molecule has 3 aliphatic rings. The topological polar surface area (TPSA) is 94.1 Å². The molecule has 1 aromatic heterocycles. The van der Waals surface area contributed by atoms with Gasteiger partial charge in [-0.25, -0.2) is 9.97 Å². The van der Waals surface area contributed by atoms with Crippen LogP contribution in [0.25, 0.3) is 0 Å². The molecule has 9 nitrogen and oxygen atoms in total. The number of rotatable bonds is 5. The molecule has 152 valence electrons. The Morgan fingerprint density at radius 3 is 2.64 bits per heavy atom. The molecule has 2 atom stereocenters. The smallest absolute Gasteiger partial charge is 0.278 e. The number of nitrogens with zero attached hydrogens (tertiary/aromatic N) is 4. The molecule has 0 aromatic carbocycles. The summed E-state index contributed by atoms with van der Waals surface area (Å²) in [5.41, 5.74) is 0. The lowest BCUT2D eigenvalue weighted by Gasteiger charge is -2.31. The van der Waals surface area contributed by atoms with E-state index in [-0.39, 0.29) is 29.9 Å². The van der Waals surface area contributed by atoms with Crippen molar-refractivity contribution >= 4 is 11.8 Å². The molecule has 0 bridgehead atoms. The molecular weight excluding hydrogens is 364 g/mol. The average molecular weight is 390 g/mol. The third-order valence-corrected chi connectivity index (χ3v) is 5.70. The molecule has 0 radical (unpaired) electrons. The summed E-state index contributed by atoms with van der Waals surface area (Å²) in [7, 11) is 1.52. The van der Waals surface area contributed by atoms with E-state index >= 15 is 0 Å². The average Bonchev–Trinajstić information content (AvgIpc) is 3.35. The Morgan fingerprint density at radius 2 is 1.89 bits per heavy atom. The van der Waals surface area contributed by atoms with Crippen molar-refractivity contribution in [2.24, 2.45) is 5.92 Å². The van der Waals surface area contributed by atoms with E-state index in [0.29, 0.717) is 51.0 Å². The van der Waals surface area contributed by atoms with Crippen molar-refractivity contribution in [3.05, 3.63) is 12.4 Å². The molecule has 4 heterocycles. The van der Waals surface area contributed by atoms with Crippen molar-refractivity contribution in [1.82, 2.24) is 19.8 Å². The summed E-state index contributed by atoms with van der Waals surface area (Å²) in [5, 5.41) is 0. The Morgan fingerprint density at radius 1 is 1.14 bits per heavy atom. The predicted octanol–water partition coefficient (Wildman–Crippen LogP) is 0.492. The quantitative estimate of drug-likeness (QED) is 0.722. The van der Waals surface area contributed by atoms with Gasteiger partial charge in [-0.15, -0.1) is 0 Å². The second-order valence-electron chi connectivity index (χ2n) is 7.47. The van der Waals surface area contributed by atoms with Crippen LogP contribution in [-0.2, 0) is 14.3 Å². The van der Waals surface area contributed by atoms with E-state index < -0.39 is 0 Å². The molecule has 0 spiro atoms. The fraction of sp³-hybridized carbons (Fsp3) is 0.684. The Labute approximate surface area is 164 Å². The summed E-state index contributed by atoms with van der Waals surface area (Å²) in [6, 6.07) is 0.206. The highest BCUT2D eigenvalue weighted by atomic mass is 16.5. The molecule has 1 aromatic rings. The minimum atomic E-state index is -0.264. The van der Waals surface area contributed by atoms with Crippen molar-refractivity contribution < 1.29 is 23.8 Å². The second-order valence-corrected chi connectivity index (χ2v) is 7.47. The van der Waals surface area contributed by atoms with Crippen molar-refractivity contribution in [2.75, 3.05) is 40.0 Å². The van der Waals surface area contributed by atoms with Crippen LogP contribution >= 0.6 is 0 Å². The largest absolute Gasteiger partial charge is 0.477 e. The van der Waals surface area contributed by atoms with Crippen LogP contribution in [-0.4, -0.2) is 83.7 Å². The van der Waals surface area contributed by atoms with Gasteiger partial charge in [0.2, 0.25) is 11.8 Å². The first-order chi connectivity index (χ1) is 13.7. The van der Waals surface area contributed by atoms with Gasteiger partial charge in [0.25, 0.3) is 11.8 Å². The number of amides is 2. The standard InChI is InChI=1S/C19H26N4O5/c1-26-17-18(21-6-5-20-17)28-15-2-7-22(12-15)19(25)13-10-16(24)23(11-13)14-3-8-27-9-4-14/h5-6,13-15H,2-4,7-12H2,1H3/t13-,15-/m0/s1. The Bertz CT molecular complexity index is 724. The maximum atomic E-state index is 13.0. The molecule has 0 N–H and O–H groups in total. The Balaban J connectivity index is 1.33. The molecule has 3 aliphatic heterocycles. The van der Waals surface area contributed by atoms with Gasteiger partial charge in [-0.3, -0.25) is 9.59 Å². The van der Waals surface area contributed by atoms with Crippen LogP contribution < -0.4 is 9.47 Å². The van der Waals surface area contributed by atoms with Gasteiger partial charge in [-0.05, 0) is 12.8 Å². The summed E-state index contributed by atoms with van der Waals surface area (Å²) < 4.78 is 16.4. The maximum absolute atomic E-state index is 13.0. The molecule has 0 unspecified atom stereocenters. The summed E-state index contributed by atoms with van der Waals surface area (Å²) in [4.78, 5) is 37.3. The Hall–Kier alpha value is -2.42. The molecule has 3 saturated heterocycles. The maximum Gasteiger partial charge on any atom is 0.278 e. The number of carbonyl (C=O) groups excluding carboxylic acids is 2. The number of hydrogen-bond donors (Lipinski definition) is 0. The first-order valence-electron chi connectivity index (χ1n) is 9.83. The summed E-state index contributed by atoms with van der Waals surface area (Å²) >= 11 is 0. The zero-order valence-electron chi connectivity index (χ0n) is 16.1. The van der Waals surface area contributed by atoms with E-state index in [9.17, 15) is 9.59 Å². The number of aromatic nitrogens is 2. The lowest BCUT2D eigenvalue weighted by atomic mass is 10.1. The van der Waals surface area contributed by atoms with Gasteiger partial charge >= 0.3 is 0 Å². The van der Waals surface area contributed by atoms with Crippen molar-refractivity contribution in [2.45, 2.75) is 37.8 Å². The van der Waals surface area contributed by atoms with Crippen LogP contribution in [0.3, 0.4) is 0 Å². The highest BCUT2D eigenvalue weighted by molar-refractivity contribution is 5.89. The van der Waals surface area contributed by atoms with Gasteiger partial charge in [0.05, 0.1) is 19.6 Å². The summed E-state index contributed by atoms with van der Waals surface area (Å²) in [5.74, 6) is 0.536. The van der Waals surface area contributed by atoms with Crippen LogP contribution in [0.5, 0.6) is 11.8 Å². The zero-order valence-corrected chi connectivity index (χ0v) is 16.1. The molecule has 0 aliphatic carbocycles. The first kappa shape index (κ1) is 18.9. The first-order valence-corrected chi connectivity index (χ1v) is 9.83. The molecule has 3 fully saturated rings. The lowest BCUT2D eigenvalue weighted by Crippen LogP contribution is -2.42. The fourth-order valence-electron chi connectivity index (χ4n) is 4.22. The van der Waals surface area contributed by atoms with Crippen LogP contribution in [0.1, 0.15) is 25.7 Å². The van der Waals surface area contributed by atoms with Crippen molar-refractivity contribution in [1.29, 1.82) is 0 Å². The van der Waals surface area contributed by atoms with Crippen molar-refractivity contribution in [3.63, 3.8) is 0 Å². The third-order valence-electron chi connectivity index (χ3n) is 5.70. The van der Waals surface area contributed by atoms with Crippen LogP contribution in [0.4, 0.5) is 0 Å². The van der Waals surface area contributed by atoms with Gasteiger partial charge in [-0.2, -0.15) is 0 Å². The Kier molecular flexibility index (Phi) is 5.61.